The van der Waals surface area contributed by atoms with E-state index in [2.05, 4.69) is 17.4 Å². The van der Waals surface area contributed by atoms with Crippen LogP contribution in [0.5, 0.6) is 0 Å². The van der Waals surface area contributed by atoms with E-state index in [4.69, 9.17) is 0 Å². The van der Waals surface area contributed by atoms with Crippen LogP contribution in [0, 0.1) is 0 Å². The van der Waals surface area contributed by atoms with Gasteiger partial charge in [-0.3, -0.25) is 9.59 Å². The van der Waals surface area contributed by atoms with Crippen LogP contribution in [0.25, 0.3) is 11.1 Å². The minimum Gasteiger partial charge on any atom is -0.345 e. The molecule has 0 spiro atoms. The van der Waals surface area contributed by atoms with E-state index in [1.165, 1.54) is 4.90 Å². The number of benzene rings is 3. The first kappa shape index (κ1) is 18.4. The van der Waals surface area contributed by atoms with Crippen molar-refractivity contribution in [1.29, 1.82) is 0 Å². The molecule has 0 unspecified atom stereocenters. The van der Waals surface area contributed by atoms with E-state index in [-0.39, 0.29) is 11.8 Å². The second kappa shape index (κ2) is 8.32. The summed E-state index contributed by atoms with van der Waals surface area (Å²) in [7, 11) is 3.42. The standard InChI is InChI=1S/C23H22N2O2/c1-25(2)23(27)20-12-14-21(15-13-20)24-22(26)16-17-8-10-19(11-9-17)18-6-4-3-5-7-18/h3-15H,16H2,1-2H3,(H,24,26). The molecule has 0 fully saturated rings. The van der Waals surface area contributed by atoms with Gasteiger partial charge < -0.3 is 10.2 Å². The molecule has 0 bridgehead atoms. The summed E-state index contributed by atoms with van der Waals surface area (Å²) in [6, 6.07) is 25.0. The lowest BCUT2D eigenvalue weighted by Gasteiger charge is -2.11. The summed E-state index contributed by atoms with van der Waals surface area (Å²) in [5.41, 5.74) is 4.50. The zero-order valence-electron chi connectivity index (χ0n) is 15.5. The predicted octanol–water partition coefficient (Wildman–Crippen LogP) is 4.24. The lowest BCUT2D eigenvalue weighted by Crippen LogP contribution is -2.21. The Balaban J connectivity index is 1.60. The van der Waals surface area contributed by atoms with E-state index in [1.54, 1.807) is 38.4 Å². The van der Waals surface area contributed by atoms with Crippen LogP contribution < -0.4 is 5.32 Å². The number of nitrogens with one attached hydrogen (secondary N) is 1. The number of hydrogen-bond donors (Lipinski definition) is 1. The Morgan fingerprint density at radius 1 is 0.778 bits per heavy atom. The number of hydrogen-bond acceptors (Lipinski definition) is 2. The quantitative estimate of drug-likeness (QED) is 0.742. The van der Waals surface area contributed by atoms with Gasteiger partial charge in [0.2, 0.25) is 5.91 Å². The summed E-state index contributed by atoms with van der Waals surface area (Å²) in [5.74, 6) is -0.152. The summed E-state index contributed by atoms with van der Waals surface area (Å²) in [4.78, 5) is 25.7. The molecule has 2 amide bonds. The second-order valence-electron chi connectivity index (χ2n) is 6.56. The molecule has 4 nitrogen and oxygen atoms in total. The van der Waals surface area contributed by atoms with Crippen LogP contribution in [0.2, 0.25) is 0 Å². The third kappa shape index (κ3) is 4.82. The molecule has 1 N–H and O–H groups in total. The molecule has 136 valence electrons. The number of rotatable bonds is 5. The maximum atomic E-state index is 12.3. The normalized spacial score (nSPS) is 10.3. The molecular weight excluding hydrogens is 336 g/mol. The van der Waals surface area contributed by atoms with Crippen molar-refractivity contribution in [2.24, 2.45) is 0 Å². The summed E-state index contributed by atoms with van der Waals surface area (Å²) in [6.45, 7) is 0. The minimum absolute atomic E-state index is 0.0635. The summed E-state index contributed by atoms with van der Waals surface area (Å²) >= 11 is 0. The van der Waals surface area contributed by atoms with Crippen LogP contribution in [0.4, 0.5) is 5.69 Å². The van der Waals surface area contributed by atoms with Gasteiger partial charge in [-0.15, -0.1) is 0 Å². The van der Waals surface area contributed by atoms with E-state index >= 15 is 0 Å². The summed E-state index contributed by atoms with van der Waals surface area (Å²) in [6.07, 6.45) is 0.299. The maximum Gasteiger partial charge on any atom is 0.253 e. The van der Waals surface area contributed by atoms with Gasteiger partial charge in [0, 0.05) is 25.3 Å². The molecule has 0 radical (unpaired) electrons. The van der Waals surface area contributed by atoms with Crippen molar-refractivity contribution in [3.63, 3.8) is 0 Å². The van der Waals surface area contributed by atoms with Crippen LogP contribution >= 0.6 is 0 Å². The highest BCUT2D eigenvalue weighted by Gasteiger charge is 2.09. The molecule has 0 aliphatic rings. The molecule has 27 heavy (non-hydrogen) atoms. The van der Waals surface area contributed by atoms with E-state index in [1.807, 2.05) is 42.5 Å². The van der Waals surface area contributed by atoms with Gasteiger partial charge in [0.25, 0.3) is 5.91 Å². The smallest absolute Gasteiger partial charge is 0.253 e. The van der Waals surface area contributed by atoms with Crippen LogP contribution in [0.1, 0.15) is 15.9 Å². The van der Waals surface area contributed by atoms with Crippen LogP contribution in [-0.4, -0.2) is 30.8 Å². The Labute approximate surface area is 159 Å². The molecule has 0 aliphatic heterocycles. The average molecular weight is 358 g/mol. The van der Waals surface area contributed by atoms with Crippen molar-refractivity contribution < 1.29 is 9.59 Å². The van der Waals surface area contributed by atoms with Gasteiger partial charge in [-0.25, -0.2) is 0 Å². The first-order chi connectivity index (χ1) is 13.0. The molecular formula is C23H22N2O2. The molecule has 0 heterocycles. The summed E-state index contributed by atoms with van der Waals surface area (Å²) in [5, 5.41) is 2.87. The molecule has 0 saturated carbocycles. The second-order valence-corrected chi connectivity index (χ2v) is 6.56. The van der Waals surface area contributed by atoms with Gasteiger partial charge in [-0.1, -0.05) is 54.6 Å². The predicted molar refractivity (Wildman–Crippen MR) is 109 cm³/mol. The van der Waals surface area contributed by atoms with Crippen LogP contribution in [-0.2, 0) is 11.2 Å². The van der Waals surface area contributed by atoms with E-state index in [0.717, 1.165) is 16.7 Å². The van der Waals surface area contributed by atoms with Crippen molar-refractivity contribution in [2.75, 3.05) is 19.4 Å². The largest absolute Gasteiger partial charge is 0.345 e. The first-order valence-corrected chi connectivity index (χ1v) is 8.79. The van der Waals surface area contributed by atoms with Gasteiger partial charge >= 0.3 is 0 Å². The molecule has 0 atom stereocenters. The molecule has 3 aromatic rings. The summed E-state index contributed by atoms with van der Waals surface area (Å²) < 4.78 is 0. The first-order valence-electron chi connectivity index (χ1n) is 8.79. The third-order valence-corrected chi connectivity index (χ3v) is 4.25. The van der Waals surface area contributed by atoms with E-state index in [0.29, 0.717) is 17.7 Å². The van der Waals surface area contributed by atoms with Crippen molar-refractivity contribution in [2.45, 2.75) is 6.42 Å². The Bertz CT molecular complexity index is 915. The third-order valence-electron chi connectivity index (χ3n) is 4.25. The monoisotopic (exact) mass is 358 g/mol. The van der Waals surface area contributed by atoms with Gasteiger partial charge in [-0.2, -0.15) is 0 Å². The highest BCUT2D eigenvalue weighted by atomic mass is 16.2. The molecule has 3 aromatic carbocycles. The Hall–Kier alpha value is -3.40. The fourth-order valence-corrected chi connectivity index (χ4v) is 2.79. The zero-order valence-corrected chi connectivity index (χ0v) is 15.5. The van der Waals surface area contributed by atoms with Crippen molar-refractivity contribution in [3.05, 3.63) is 90.0 Å². The van der Waals surface area contributed by atoms with Crippen LogP contribution in [0.15, 0.2) is 78.9 Å². The van der Waals surface area contributed by atoms with Gasteiger partial charge in [-0.05, 0) is 41.0 Å². The van der Waals surface area contributed by atoms with Gasteiger partial charge in [0.1, 0.15) is 0 Å². The van der Waals surface area contributed by atoms with E-state index < -0.39 is 0 Å². The average Bonchev–Trinajstić information content (AvgIpc) is 2.69. The fourth-order valence-electron chi connectivity index (χ4n) is 2.79. The highest BCUT2D eigenvalue weighted by molar-refractivity contribution is 5.96. The van der Waals surface area contributed by atoms with Gasteiger partial charge in [0.15, 0.2) is 0 Å². The zero-order chi connectivity index (χ0) is 19.2. The Kier molecular flexibility index (Phi) is 5.67. The highest BCUT2D eigenvalue weighted by Crippen LogP contribution is 2.19. The van der Waals surface area contributed by atoms with Crippen molar-refractivity contribution in [1.82, 2.24) is 4.90 Å². The van der Waals surface area contributed by atoms with Crippen molar-refractivity contribution >= 4 is 17.5 Å². The lowest BCUT2D eigenvalue weighted by molar-refractivity contribution is -0.115. The molecule has 0 aromatic heterocycles. The topological polar surface area (TPSA) is 49.4 Å². The Morgan fingerprint density at radius 2 is 1.37 bits per heavy atom. The fraction of sp³-hybridized carbons (Fsp3) is 0.130. The van der Waals surface area contributed by atoms with Crippen molar-refractivity contribution in [3.8, 4) is 11.1 Å². The molecule has 3 rings (SSSR count). The molecule has 0 saturated heterocycles. The number of anilines is 1. The van der Waals surface area contributed by atoms with Crippen LogP contribution in [0.3, 0.4) is 0 Å². The Morgan fingerprint density at radius 3 is 1.96 bits per heavy atom. The molecule has 0 aliphatic carbocycles. The minimum atomic E-state index is -0.0888. The SMILES string of the molecule is CN(C)C(=O)c1ccc(NC(=O)Cc2ccc(-c3ccccc3)cc2)cc1. The number of carbonyl (C=O) groups excluding carboxylic acids is 2. The number of amides is 2. The maximum absolute atomic E-state index is 12.3. The van der Waals surface area contributed by atoms with Gasteiger partial charge in [0.05, 0.1) is 6.42 Å². The number of nitrogens with zero attached hydrogens (tertiary/aromatic N) is 1. The molecule has 4 heteroatoms. The van der Waals surface area contributed by atoms with E-state index in [9.17, 15) is 9.59 Å². The number of carbonyl (C=O) groups is 2. The lowest BCUT2D eigenvalue weighted by atomic mass is 10.0.